The molecule has 0 heterocycles. The van der Waals surface area contributed by atoms with Crippen LogP contribution in [-0.4, -0.2) is 17.1 Å². The maximum absolute atomic E-state index is 4.70. The smallest absolute Gasteiger partial charge is 0.197 e. The summed E-state index contributed by atoms with van der Waals surface area (Å²) in [5, 5.41) is 4.32. The third kappa shape index (κ3) is 10.1. The van der Waals surface area contributed by atoms with E-state index in [9.17, 15) is 0 Å². The summed E-state index contributed by atoms with van der Waals surface area (Å²) in [5.74, 6) is 0.812. The van der Waals surface area contributed by atoms with E-state index in [1.807, 2.05) is 0 Å². The Bertz CT molecular complexity index is 88.4. The van der Waals surface area contributed by atoms with Gasteiger partial charge in [0.2, 0.25) is 0 Å². The molecule has 0 aliphatic carbocycles. The first kappa shape index (κ1) is 12.1. The molecule has 0 N–H and O–H groups in total. The highest BCUT2D eigenvalue weighted by Gasteiger charge is 1.94. The van der Waals surface area contributed by atoms with Gasteiger partial charge in [-0.2, -0.15) is 0 Å². The Kier molecular flexibility index (Phi) is 9.26. The molecule has 0 saturated carbocycles. The minimum atomic E-state index is 0.559. The molecule has 12 heavy (non-hydrogen) atoms. The first-order valence-electron chi connectivity index (χ1n) is 4.59. The molecule has 74 valence electrons. The van der Waals surface area contributed by atoms with Gasteiger partial charge in [0.1, 0.15) is 0 Å². The molecule has 0 unspecified atom stereocenters. The summed E-state index contributed by atoms with van der Waals surface area (Å²) >= 11 is 0. The summed E-state index contributed by atoms with van der Waals surface area (Å²) < 4.78 is 4.40. The lowest BCUT2D eigenvalue weighted by Crippen LogP contribution is -1.96. The highest BCUT2D eigenvalue weighted by Crippen LogP contribution is 2.07. The van der Waals surface area contributed by atoms with Crippen molar-refractivity contribution < 1.29 is 14.5 Å². The largest absolute Gasteiger partial charge is 0.269 e. The van der Waals surface area contributed by atoms with E-state index in [0.717, 1.165) is 12.3 Å². The molecular formula is C8H20O3Si. The van der Waals surface area contributed by atoms with E-state index in [1.54, 1.807) is 0 Å². The number of rotatable bonds is 8. The van der Waals surface area contributed by atoms with E-state index in [0.29, 0.717) is 17.1 Å². The van der Waals surface area contributed by atoms with Crippen molar-refractivity contribution in [1.29, 1.82) is 0 Å². The zero-order valence-electron chi connectivity index (χ0n) is 8.34. The molecule has 3 nitrogen and oxygen atoms in total. The highest BCUT2D eigenvalue weighted by atomic mass is 28.2. The zero-order valence-corrected chi connectivity index (χ0v) is 10.3. The fourth-order valence-corrected chi connectivity index (χ4v) is 1.07. The predicted octanol–water partition coefficient (Wildman–Crippen LogP) is 1.36. The molecule has 0 aromatic carbocycles. The topological polar surface area (TPSA) is 27.7 Å². The Morgan fingerprint density at radius 3 is 2.50 bits per heavy atom. The summed E-state index contributed by atoms with van der Waals surface area (Å²) in [5.41, 5.74) is 0. The van der Waals surface area contributed by atoms with E-state index < -0.39 is 0 Å². The van der Waals surface area contributed by atoms with E-state index in [1.165, 1.54) is 19.3 Å². The van der Waals surface area contributed by atoms with Crippen molar-refractivity contribution in [2.24, 2.45) is 5.92 Å². The first-order valence-corrected chi connectivity index (χ1v) is 5.41. The Balaban J connectivity index is 2.82. The Labute approximate surface area is 77.8 Å². The molecule has 0 saturated heterocycles. The van der Waals surface area contributed by atoms with Crippen molar-refractivity contribution in [3.05, 3.63) is 0 Å². The van der Waals surface area contributed by atoms with Crippen LogP contribution in [0.1, 0.15) is 39.5 Å². The standard InChI is InChI=1S/C8H20O3Si/c1-8(2)6-4-3-5-7-9-10-11-12/h8H,3-7H2,1-2,12H3. The van der Waals surface area contributed by atoms with E-state index in [2.05, 4.69) is 23.5 Å². The Hall–Kier alpha value is 0.0969. The summed E-state index contributed by atoms with van der Waals surface area (Å²) in [6.07, 6.45) is 4.85. The van der Waals surface area contributed by atoms with E-state index in [4.69, 9.17) is 4.89 Å². The van der Waals surface area contributed by atoms with Gasteiger partial charge >= 0.3 is 0 Å². The van der Waals surface area contributed by atoms with E-state index in [-0.39, 0.29) is 0 Å². The molecule has 0 aliphatic rings. The van der Waals surface area contributed by atoms with Gasteiger partial charge in [-0.15, -0.1) is 0 Å². The Morgan fingerprint density at radius 1 is 1.17 bits per heavy atom. The van der Waals surface area contributed by atoms with Crippen LogP contribution in [0.15, 0.2) is 0 Å². The lowest BCUT2D eigenvalue weighted by Gasteiger charge is -2.03. The van der Waals surface area contributed by atoms with Crippen molar-refractivity contribution in [1.82, 2.24) is 0 Å². The van der Waals surface area contributed by atoms with Gasteiger partial charge in [-0.05, 0) is 12.3 Å². The molecule has 0 aromatic heterocycles. The van der Waals surface area contributed by atoms with Gasteiger partial charge in [0, 0.05) is 0 Å². The fraction of sp³-hybridized carbons (Fsp3) is 1.00. The van der Waals surface area contributed by atoms with Gasteiger partial charge in [0.15, 0.2) is 10.5 Å². The highest BCUT2D eigenvalue weighted by molar-refractivity contribution is 5.97. The average molecular weight is 192 g/mol. The minimum absolute atomic E-state index is 0.559. The van der Waals surface area contributed by atoms with Gasteiger partial charge < -0.3 is 0 Å². The van der Waals surface area contributed by atoms with Crippen LogP contribution in [0.4, 0.5) is 0 Å². The molecule has 0 fully saturated rings. The molecule has 0 atom stereocenters. The van der Waals surface area contributed by atoms with Crippen molar-refractivity contribution in [2.75, 3.05) is 6.61 Å². The van der Waals surface area contributed by atoms with Gasteiger partial charge in [0.25, 0.3) is 0 Å². The van der Waals surface area contributed by atoms with Gasteiger partial charge in [-0.25, -0.2) is 4.89 Å². The second kappa shape index (κ2) is 9.19. The van der Waals surface area contributed by atoms with Gasteiger partial charge in [-0.3, -0.25) is 4.58 Å². The third-order valence-electron chi connectivity index (χ3n) is 1.63. The lowest BCUT2D eigenvalue weighted by molar-refractivity contribution is -0.467. The second-order valence-corrected chi connectivity index (χ2v) is 3.63. The molecule has 0 amide bonds. The normalized spacial score (nSPS) is 11.2. The van der Waals surface area contributed by atoms with Crippen molar-refractivity contribution in [3.8, 4) is 0 Å². The van der Waals surface area contributed by atoms with Crippen LogP contribution in [0.25, 0.3) is 0 Å². The van der Waals surface area contributed by atoms with Crippen LogP contribution in [0.3, 0.4) is 0 Å². The zero-order chi connectivity index (χ0) is 9.23. The monoisotopic (exact) mass is 192 g/mol. The van der Waals surface area contributed by atoms with Crippen molar-refractivity contribution in [3.63, 3.8) is 0 Å². The molecule has 0 aromatic rings. The Morgan fingerprint density at radius 2 is 1.92 bits per heavy atom. The van der Waals surface area contributed by atoms with Crippen LogP contribution in [-0.2, 0) is 14.5 Å². The van der Waals surface area contributed by atoms with Crippen molar-refractivity contribution >= 4 is 10.5 Å². The molecule has 0 rings (SSSR count). The maximum Gasteiger partial charge on any atom is 0.197 e. The number of unbranched alkanes of at least 4 members (excludes halogenated alkanes) is 2. The average Bonchev–Trinajstić information content (AvgIpc) is 2.02. The number of hydrogen-bond donors (Lipinski definition) is 0. The van der Waals surface area contributed by atoms with Gasteiger partial charge in [-0.1, -0.05) is 38.1 Å². The molecule has 0 bridgehead atoms. The van der Waals surface area contributed by atoms with Crippen LogP contribution < -0.4 is 0 Å². The van der Waals surface area contributed by atoms with E-state index >= 15 is 0 Å². The minimum Gasteiger partial charge on any atom is -0.269 e. The van der Waals surface area contributed by atoms with Crippen LogP contribution in [0, 0.1) is 5.92 Å². The van der Waals surface area contributed by atoms with Crippen LogP contribution in [0.2, 0.25) is 0 Å². The predicted molar refractivity (Wildman–Crippen MR) is 51.4 cm³/mol. The van der Waals surface area contributed by atoms with Gasteiger partial charge in [0.05, 0.1) is 6.61 Å². The molecule has 0 aliphatic heterocycles. The van der Waals surface area contributed by atoms with Crippen molar-refractivity contribution in [2.45, 2.75) is 39.5 Å². The quantitative estimate of drug-likeness (QED) is 0.251. The summed E-state index contributed by atoms with van der Waals surface area (Å²) in [7, 11) is 0.559. The molecule has 4 heteroatoms. The molecule has 0 radical (unpaired) electrons. The SMILES string of the molecule is CC(C)CCCCCOOO[SiH3]. The summed E-state index contributed by atoms with van der Waals surface area (Å²) in [4.78, 5) is 4.70. The lowest BCUT2D eigenvalue weighted by atomic mass is 10.1. The molecular weight excluding hydrogens is 172 g/mol. The van der Waals surface area contributed by atoms with Crippen LogP contribution in [0.5, 0.6) is 0 Å². The maximum atomic E-state index is 4.70. The first-order chi connectivity index (χ1) is 5.77. The summed E-state index contributed by atoms with van der Waals surface area (Å²) in [6.45, 7) is 5.13. The fourth-order valence-electron chi connectivity index (χ4n) is 0.972. The second-order valence-electron chi connectivity index (χ2n) is 3.30. The third-order valence-corrected chi connectivity index (χ3v) is 1.76. The summed E-state index contributed by atoms with van der Waals surface area (Å²) in [6, 6.07) is 0. The molecule has 0 spiro atoms. The van der Waals surface area contributed by atoms with Crippen LogP contribution >= 0.6 is 0 Å². The number of hydrogen-bond acceptors (Lipinski definition) is 3.